The fourth-order valence-corrected chi connectivity index (χ4v) is 2.06. The molecule has 5 heteroatoms. The molecule has 1 aromatic heterocycles. The average molecular weight is 278 g/mol. The number of nitrogens with one attached hydrogen (secondary N) is 2. The molecular weight excluding hydrogens is 252 g/mol. The van der Waals surface area contributed by atoms with Gasteiger partial charge in [0.05, 0.1) is 11.3 Å². The SMILES string of the molecule is CCCCCC(C)(C)CNC(=O)c1cnccc1NN. The number of amides is 1. The maximum Gasteiger partial charge on any atom is 0.255 e. The van der Waals surface area contributed by atoms with Gasteiger partial charge < -0.3 is 10.7 Å². The highest BCUT2D eigenvalue weighted by atomic mass is 16.1. The summed E-state index contributed by atoms with van der Waals surface area (Å²) in [6.07, 6.45) is 7.87. The van der Waals surface area contributed by atoms with Gasteiger partial charge in [-0.1, -0.05) is 40.0 Å². The summed E-state index contributed by atoms with van der Waals surface area (Å²) in [5.74, 6) is 5.25. The minimum atomic E-state index is -0.144. The Kier molecular flexibility index (Phi) is 6.45. The molecule has 0 unspecified atom stereocenters. The van der Waals surface area contributed by atoms with Crippen LogP contribution in [0.4, 0.5) is 5.69 Å². The van der Waals surface area contributed by atoms with Crippen LogP contribution in [0.3, 0.4) is 0 Å². The number of aromatic nitrogens is 1. The highest BCUT2D eigenvalue weighted by molar-refractivity contribution is 5.99. The van der Waals surface area contributed by atoms with Crippen molar-refractivity contribution >= 4 is 11.6 Å². The lowest BCUT2D eigenvalue weighted by atomic mass is 9.87. The maximum atomic E-state index is 12.2. The summed E-state index contributed by atoms with van der Waals surface area (Å²) in [4.78, 5) is 16.1. The molecule has 0 saturated heterocycles. The van der Waals surface area contributed by atoms with Crippen molar-refractivity contribution in [3.63, 3.8) is 0 Å². The number of carbonyl (C=O) groups is 1. The summed E-state index contributed by atoms with van der Waals surface area (Å²) in [6, 6.07) is 1.68. The molecule has 0 spiro atoms. The van der Waals surface area contributed by atoms with E-state index >= 15 is 0 Å². The topological polar surface area (TPSA) is 80.0 Å². The fraction of sp³-hybridized carbons (Fsp3) is 0.600. The van der Waals surface area contributed by atoms with Crippen molar-refractivity contribution in [2.45, 2.75) is 46.5 Å². The minimum Gasteiger partial charge on any atom is -0.351 e. The van der Waals surface area contributed by atoms with Gasteiger partial charge in [-0.3, -0.25) is 15.6 Å². The number of nitrogen functional groups attached to an aromatic ring is 1. The Morgan fingerprint density at radius 2 is 2.15 bits per heavy atom. The Morgan fingerprint density at radius 1 is 1.40 bits per heavy atom. The predicted molar refractivity (Wildman–Crippen MR) is 82.3 cm³/mol. The van der Waals surface area contributed by atoms with Crippen molar-refractivity contribution in [1.82, 2.24) is 10.3 Å². The van der Waals surface area contributed by atoms with Crippen LogP contribution in [0.25, 0.3) is 0 Å². The van der Waals surface area contributed by atoms with E-state index in [0.717, 1.165) is 6.42 Å². The number of carbonyl (C=O) groups excluding carboxylic acids is 1. The van der Waals surface area contributed by atoms with E-state index in [4.69, 9.17) is 5.84 Å². The lowest BCUT2D eigenvalue weighted by molar-refractivity contribution is 0.0934. The van der Waals surface area contributed by atoms with Crippen LogP contribution < -0.4 is 16.6 Å². The zero-order valence-electron chi connectivity index (χ0n) is 12.7. The predicted octanol–water partition coefficient (Wildman–Crippen LogP) is 2.70. The van der Waals surface area contributed by atoms with Crippen molar-refractivity contribution in [1.29, 1.82) is 0 Å². The van der Waals surface area contributed by atoms with Crippen LogP contribution in [0.1, 0.15) is 56.8 Å². The number of hydrazine groups is 1. The summed E-state index contributed by atoms with van der Waals surface area (Å²) < 4.78 is 0. The number of hydrogen-bond acceptors (Lipinski definition) is 4. The second-order valence-electron chi connectivity index (χ2n) is 5.87. The highest BCUT2D eigenvalue weighted by Crippen LogP contribution is 2.23. The fourth-order valence-electron chi connectivity index (χ4n) is 2.06. The Labute approximate surface area is 121 Å². The Hall–Kier alpha value is -1.62. The van der Waals surface area contributed by atoms with Crippen molar-refractivity contribution in [3.8, 4) is 0 Å². The second kappa shape index (κ2) is 7.85. The quantitative estimate of drug-likeness (QED) is 0.388. The van der Waals surface area contributed by atoms with Crippen molar-refractivity contribution in [2.75, 3.05) is 12.0 Å². The second-order valence-corrected chi connectivity index (χ2v) is 5.87. The van der Waals surface area contributed by atoms with Crippen LogP contribution in [0.15, 0.2) is 18.5 Å². The van der Waals surface area contributed by atoms with Crippen LogP contribution in [-0.2, 0) is 0 Å². The van der Waals surface area contributed by atoms with E-state index in [1.807, 2.05) is 0 Å². The van der Waals surface area contributed by atoms with Gasteiger partial charge in [0.15, 0.2) is 0 Å². The normalized spacial score (nSPS) is 11.2. The number of rotatable bonds is 8. The van der Waals surface area contributed by atoms with Crippen LogP contribution in [-0.4, -0.2) is 17.4 Å². The Balaban J connectivity index is 2.54. The van der Waals surface area contributed by atoms with Crippen LogP contribution in [0, 0.1) is 5.41 Å². The first-order chi connectivity index (χ1) is 9.50. The van der Waals surface area contributed by atoms with Crippen LogP contribution >= 0.6 is 0 Å². The maximum absolute atomic E-state index is 12.2. The summed E-state index contributed by atoms with van der Waals surface area (Å²) >= 11 is 0. The van der Waals surface area contributed by atoms with E-state index in [2.05, 4.69) is 36.5 Å². The van der Waals surface area contributed by atoms with Gasteiger partial charge in [-0.05, 0) is 17.9 Å². The number of nitrogens with zero attached hydrogens (tertiary/aromatic N) is 1. The third-order valence-corrected chi connectivity index (χ3v) is 3.41. The molecule has 0 aromatic carbocycles. The molecule has 0 bridgehead atoms. The molecule has 20 heavy (non-hydrogen) atoms. The van der Waals surface area contributed by atoms with E-state index in [9.17, 15) is 4.79 Å². The van der Waals surface area contributed by atoms with Crippen LogP contribution in [0.2, 0.25) is 0 Å². The van der Waals surface area contributed by atoms with Gasteiger partial charge in [-0.25, -0.2) is 0 Å². The summed E-state index contributed by atoms with van der Waals surface area (Å²) in [7, 11) is 0. The monoisotopic (exact) mass is 278 g/mol. The largest absolute Gasteiger partial charge is 0.351 e. The smallest absolute Gasteiger partial charge is 0.255 e. The van der Waals surface area contributed by atoms with Crippen molar-refractivity contribution < 1.29 is 4.79 Å². The van der Waals surface area contributed by atoms with Gasteiger partial charge in [-0.2, -0.15) is 0 Å². The molecular formula is C15H26N4O. The lowest BCUT2D eigenvalue weighted by Crippen LogP contribution is -2.34. The molecule has 4 N–H and O–H groups in total. The summed E-state index contributed by atoms with van der Waals surface area (Å²) in [5, 5.41) is 2.97. The number of unbranched alkanes of at least 4 members (excludes halogenated alkanes) is 2. The minimum absolute atomic E-state index is 0.101. The molecule has 1 aromatic rings. The first kappa shape index (κ1) is 16.4. The molecule has 0 aliphatic carbocycles. The van der Waals surface area contributed by atoms with Gasteiger partial charge in [0.2, 0.25) is 0 Å². The van der Waals surface area contributed by atoms with Crippen molar-refractivity contribution in [2.24, 2.45) is 11.3 Å². The summed E-state index contributed by atoms with van der Waals surface area (Å²) in [6.45, 7) is 7.19. The van der Waals surface area contributed by atoms with Crippen LogP contribution in [0.5, 0.6) is 0 Å². The average Bonchev–Trinajstić information content (AvgIpc) is 2.45. The molecule has 1 heterocycles. The van der Waals surface area contributed by atoms with Gasteiger partial charge in [0, 0.05) is 18.9 Å². The Morgan fingerprint density at radius 3 is 2.80 bits per heavy atom. The third kappa shape index (κ3) is 5.17. The molecule has 1 amide bonds. The number of pyridine rings is 1. The molecule has 1 rings (SSSR count). The standard InChI is InChI=1S/C15H26N4O/c1-4-5-6-8-15(2,3)11-18-14(20)12-10-17-9-7-13(12)19-16/h7,9-10H,4-6,8,11,16H2,1-3H3,(H,17,19)(H,18,20). The molecule has 112 valence electrons. The first-order valence-corrected chi connectivity index (χ1v) is 7.19. The Bertz CT molecular complexity index is 432. The molecule has 0 radical (unpaired) electrons. The van der Waals surface area contributed by atoms with Gasteiger partial charge >= 0.3 is 0 Å². The van der Waals surface area contributed by atoms with E-state index < -0.39 is 0 Å². The lowest BCUT2D eigenvalue weighted by Gasteiger charge is -2.25. The number of hydrogen-bond donors (Lipinski definition) is 3. The van der Waals surface area contributed by atoms with Gasteiger partial charge in [0.25, 0.3) is 5.91 Å². The highest BCUT2D eigenvalue weighted by Gasteiger charge is 2.19. The molecule has 0 aliphatic heterocycles. The molecule has 0 fully saturated rings. The third-order valence-electron chi connectivity index (χ3n) is 3.41. The summed E-state index contributed by atoms with van der Waals surface area (Å²) in [5.41, 5.74) is 3.67. The molecule has 0 atom stereocenters. The van der Waals surface area contributed by atoms with E-state index in [1.54, 1.807) is 12.3 Å². The van der Waals surface area contributed by atoms with Gasteiger partial charge in [0.1, 0.15) is 0 Å². The number of nitrogens with two attached hydrogens (primary N) is 1. The van der Waals surface area contributed by atoms with E-state index in [1.165, 1.54) is 25.5 Å². The van der Waals surface area contributed by atoms with E-state index in [0.29, 0.717) is 17.8 Å². The zero-order valence-corrected chi connectivity index (χ0v) is 12.7. The molecule has 0 saturated carbocycles. The van der Waals surface area contributed by atoms with Gasteiger partial charge in [-0.15, -0.1) is 0 Å². The molecule has 0 aliphatic rings. The van der Waals surface area contributed by atoms with E-state index in [-0.39, 0.29) is 11.3 Å². The van der Waals surface area contributed by atoms with Crippen molar-refractivity contribution in [3.05, 3.63) is 24.0 Å². The first-order valence-electron chi connectivity index (χ1n) is 7.19. The molecule has 5 nitrogen and oxygen atoms in total. The zero-order chi connectivity index (χ0) is 15.0. The number of anilines is 1.